The lowest BCUT2D eigenvalue weighted by Crippen LogP contribution is -2.38. The highest BCUT2D eigenvalue weighted by molar-refractivity contribution is 8.16. The fourth-order valence-corrected chi connectivity index (χ4v) is 3.26. The highest BCUT2D eigenvalue weighted by Crippen LogP contribution is 2.43. The van der Waals surface area contributed by atoms with Gasteiger partial charge in [-0.25, -0.2) is 0 Å². The fourth-order valence-electron chi connectivity index (χ4n) is 2.02. The van der Waals surface area contributed by atoms with E-state index in [4.69, 9.17) is 0 Å². The van der Waals surface area contributed by atoms with Crippen molar-refractivity contribution < 1.29 is 4.79 Å². The van der Waals surface area contributed by atoms with E-state index in [-0.39, 0.29) is 10.7 Å². The summed E-state index contributed by atoms with van der Waals surface area (Å²) in [4.78, 5) is 15.7. The Bertz CT molecular complexity index is 256. The predicted octanol–water partition coefficient (Wildman–Crippen LogP) is 1.54. The van der Waals surface area contributed by atoms with Gasteiger partial charge in [-0.3, -0.25) is 9.79 Å². The van der Waals surface area contributed by atoms with Crippen LogP contribution in [0.15, 0.2) is 4.99 Å². The summed E-state index contributed by atoms with van der Waals surface area (Å²) in [5, 5.41) is 3.64. The molecule has 1 saturated carbocycles. The number of rotatable bonds is 0. The Kier molecular flexibility index (Phi) is 2.32. The van der Waals surface area contributed by atoms with Crippen LogP contribution in [-0.2, 0) is 4.79 Å². The van der Waals surface area contributed by atoms with E-state index in [1.54, 1.807) is 18.8 Å². The summed E-state index contributed by atoms with van der Waals surface area (Å²) >= 11 is 1.63. The van der Waals surface area contributed by atoms with Crippen LogP contribution in [0.4, 0.5) is 0 Å². The molecule has 1 N–H and O–H groups in total. The SMILES string of the molecule is CN=C1NC(=O)C2(CCCCC2)S1. The Hall–Kier alpha value is -0.510. The van der Waals surface area contributed by atoms with Gasteiger partial charge in [0.2, 0.25) is 5.91 Å². The molecule has 72 valence electrons. The van der Waals surface area contributed by atoms with Gasteiger partial charge in [0.25, 0.3) is 0 Å². The number of hydrogen-bond acceptors (Lipinski definition) is 3. The van der Waals surface area contributed by atoms with E-state index in [0.29, 0.717) is 0 Å². The molecule has 13 heavy (non-hydrogen) atoms. The summed E-state index contributed by atoms with van der Waals surface area (Å²) in [6, 6.07) is 0. The zero-order chi connectivity index (χ0) is 9.31. The van der Waals surface area contributed by atoms with Gasteiger partial charge in [0.05, 0.1) is 0 Å². The number of amidine groups is 1. The van der Waals surface area contributed by atoms with E-state index in [1.807, 2.05) is 0 Å². The minimum atomic E-state index is -0.160. The molecule has 1 heterocycles. The standard InChI is InChI=1S/C9H14N2OS/c1-10-8-11-7(12)9(13-8)5-3-2-4-6-9/h2-6H2,1H3,(H,10,11,12). The van der Waals surface area contributed by atoms with Crippen molar-refractivity contribution in [3.05, 3.63) is 0 Å². The number of thioether (sulfide) groups is 1. The molecule has 1 spiro atoms. The van der Waals surface area contributed by atoms with Crippen LogP contribution in [-0.4, -0.2) is 22.9 Å². The van der Waals surface area contributed by atoms with Crippen LogP contribution in [0.5, 0.6) is 0 Å². The molecular weight excluding hydrogens is 184 g/mol. The van der Waals surface area contributed by atoms with E-state index < -0.39 is 0 Å². The fraction of sp³-hybridized carbons (Fsp3) is 0.778. The molecule has 2 rings (SSSR count). The van der Waals surface area contributed by atoms with Gasteiger partial charge in [0.1, 0.15) is 4.75 Å². The van der Waals surface area contributed by atoms with Crippen molar-refractivity contribution in [1.82, 2.24) is 5.32 Å². The molecule has 2 fully saturated rings. The third kappa shape index (κ3) is 1.47. The second-order valence-electron chi connectivity index (χ2n) is 3.64. The molecule has 2 aliphatic rings. The minimum Gasteiger partial charge on any atom is -0.304 e. The summed E-state index contributed by atoms with van der Waals surface area (Å²) < 4.78 is -0.160. The molecule has 0 unspecified atom stereocenters. The maximum atomic E-state index is 11.7. The summed E-state index contributed by atoms with van der Waals surface area (Å²) in [6.45, 7) is 0. The van der Waals surface area contributed by atoms with Crippen molar-refractivity contribution in [2.24, 2.45) is 4.99 Å². The number of nitrogens with zero attached hydrogens (tertiary/aromatic N) is 1. The molecule has 1 saturated heterocycles. The van der Waals surface area contributed by atoms with E-state index in [9.17, 15) is 4.79 Å². The summed E-state index contributed by atoms with van der Waals surface area (Å²) in [5.74, 6) is 0.179. The average Bonchev–Trinajstić information content (AvgIpc) is 2.45. The van der Waals surface area contributed by atoms with E-state index in [1.165, 1.54) is 19.3 Å². The number of carbonyl (C=O) groups is 1. The number of carbonyl (C=O) groups excluding carboxylic acids is 1. The van der Waals surface area contributed by atoms with Crippen LogP contribution in [0.2, 0.25) is 0 Å². The Morgan fingerprint density at radius 3 is 2.62 bits per heavy atom. The van der Waals surface area contributed by atoms with Gasteiger partial charge in [-0.2, -0.15) is 0 Å². The number of nitrogens with one attached hydrogen (secondary N) is 1. The minimum absolute atomic E-state index is 0.160. The molecule has 0 aromatic heterocycles. The molecular formula is C9H14N2OS. The van der Waals surface area contributed by atoms with E-state index in [2.05, 4.69) is 10.3 Å². The maximum Gasteiger partial charge on any atom is 0.242 e. The second-order valence-corrected chi connectivity index (χ2v) is 5.01. The third-order valence-electron chi connectivity index (χ3n) is 2.79. The van der Waals surface area contributed by atoms with Crippen LogP contribution in [0, 0.1) is 0 Å². The largest absolute Gasteiger partial charge is 0.304 e. The predicted molar refractivity (Wildman–Crippen MR) is 54.9 cm³/mol. The van der Waals surface area contributed by atoms with Crippen molar-refractivity contribution >= 4 is 22.8 Å². The van der Waals surface area contributed by atoms with Crippen LogP contribution in [0.3, 0.4) is 0 Å². The number of aliphatic imine (C=N–C) groups is 1. The van der Waals surface area contributed by atoms with Crippen molar-refractivity contribution in [2.45, 2.75) is 36.9 Å². The first-order valence-electron chi connectivity index (χ1n) is 4.74. The summed E-state index contributed by atoms with van der Waals surface area (Å²) in [5.41, 5.74) is 0. The Balaban J connectivity index is 2.18. The molecule has 0 atom stereocenters. The van der Waals surface area contributed by atoms with Crippen LogP contribution < -0.4 is 5.32 Å². The zero-order valence-electron chi connectivity index (χ0n) is 7.80. The Morgan fingerprint density at radius 1 is 1.38 bits per heavy atom. The second kappa shape index (κ2) is 3.33. The first kappa shape index (κ1) is 9.06. The molecule has 1 aliphatic heterocycles. The van der Waals surface area contributed by atoms with Crippen molar-refractivity contribution in [2.75, 3.05) is 7.05 Å². The number of hydrogen-bond donors (Lipinski definition) is 1. The maximum absolute atomic E-state index is 11.7. The molecule has 0 aromatic rings. The van der Waals surface area contributed by atoms with Crippen LogP contribution >= 0.6 is 11.8 Å². The summed E-state index contributed by atoms with van der Waals surface area (Å²) in [6.07, 6.45) is 5.66. The lowest BCUT2D eigenvalue weighted by atomic mass is 9.88. The van der Waals surface area contributed by atoms with Gasteiger partial charge < -0.3 is 5.32 Å². The molecule has 0 radical (unpaired) electrons. The number of amides is 1. The van der Waals surface area contributed by atoms with Crippen molar-refractivity contribution in [1.29, 1.82) is 0 Å². The topological polar surface area (TPSA) is 41.5 Å². The first-order chi connectivity index (χ1) is 6.27. The molecule has 0 aromatic carbocycles. The third-order valence-corrected chi connectivity index (χ3v) is 4.25. The average molecular weight is 198 g/mol. The zero-order valence-corrected chi connectivity index (χ0v) is 8.62. The highest BCUT2D eigenvalue weighted by atomic mass is 32.2. The monoisotopic (exact) mass is 198 g/mol. The summed E-state index contributed by atoms with van der Waals surface area (Å²) in [7, 11) is 1.73. The highest BCUT2D eigenvalue weighted by Gasteiger charge is 2.46. The normalized spacial score (nSPS) is 29.6. The quantitative estimate of drug-likeness (QED) is 0.641. The first-order valence-corrected chi connectivity index (χ1v) is 5.56. The molecule has 0 bridgehead atoms. The van der Waals surface area contributed by atoms with Gasteiger partial charge >= 0.3 is 0 Å². The Morgan fingerprint density at radius 2 is 2.08 bits per heavy atom. The van der Waals surface area contributed by atoms with Crippen LogP contribution in [0.1, 0.15) is 32.1 Å². The van der Waals surface area contributed by atoms with Gasteiger partial charge in [0.15, 0.2) is 5.17 Å². The van der Waals surface area contributed by atoms with Gasteiger partial charge in [0, 0.05) is 7.05 Å². The molecule has 3 nitrogen and oxygen atoms in total. The smallest absolute Gasteiger partial charge is 0.242 e. The van der Waals surface area contributed by atoms with E-state index >= 15 is 0 Å². The van der Waals surface area contributed by atoms with Gasteiger partial charge in [-0.05, 0) is 12.8 Å². The van der Waals surface area contributed by atoms with Crippen molar-refractivity contribution in [3.8, 4) is 0 Å². The van der Waals surface area contributed by atoms with E-state index in [0.717, 1.165) is 18.0 Å². The molecule has 1 aliphatic carbocycles. The molecule has 1 amide bonds. The lowest BCUT2D eigenvalue weighted by Gasteiger charge is -2.28. The molecule has 4 heteroatoms. The van der Waals surface area contributed by atoms with Gasteiger partial charge in [-0.1, -0.05) is 31.0 Å². The van der Waals surface area contributed by atoms with Crippen molar-refractivity contribution in [3.63, 3.8) is 0 Å². The Labute approximate surface area is 82.4 Å². The van der Waals surface area contributed by atoms with Gasteiger partial charge in [-0.15, -0.1) is 0 Å². The lowest BCUT2D eigenvalue weighted by molar-refractivity contribution is -0.122. The van der Waals surface area contributed by atoms with Crippen LogP contribution in [0.25, 0.3) is 0 Å².